The molecular formula is C15H22N2O3. The predicted octanol–water partition coefficient (Wildman–Crippen LogP) is 0.119. The van der Waals surface area contributed by atoms with E-state index >= 15 is 0 Å². The van der Waals surface area contributed by atoms with Crippen LogP contribution in [-0.4, -0.2) is 52.4 Å². The number of nitrogens with zero attached hydrogens (tertiary/aromatic N) is 1. The number of aliphatic hydroxyl groups is 2. The van der Waals surface area contributed by atoms with Gasteiger partial charge in [0.25, 0.3) is 0 Å². The zero-order chi connectivity index (χ0) is 14.5. The molecule has 0 radical (unpaired) electrons. The van der Waals surface area contributed by atoms with Gasteiger partial charge in [-0.1, -0.05) is 30.3 Å². The Bertz CT molecular complexity index is 438. The molecule has 0 spiro atoms. The van der Waals surface area contributed by atoms with Gasteiger partial charge in [-0.3, -0.25) is 9.69 Å². The number of benzene rings is 1. The van der Waals surface area contributed by atoms with Gasteiger partial charge in [-0.15, -0.1) is 0 Å². The Hall–Kier alpha value is -1.43. The van der Waals surface area contributed by atoms with Gasteiger partial charge < -0.3 is 15.5 Å². The number of carbonyl (C=O) groups is 1. The lowest BCUT2D eigenvalue weighted by molar-refractivity contribution is -0.119. The number of rotatable bonds is 5. The summed E-state index contributed by atoms with van der Waals surface area (Å²) in [5, 5.41) is 22.3. The predicted molar refractivity (Wildman–Crippen MR) is 76.0 cm³/mol. The third-order valence-electron chi connectivity index (χ3n) is 3.83. The van der Waals surface area contributed by atoms with Crippen LogP contribution >= 0.6 is 0 Å². The average Bonchev–Trinajstić information content (AvgIpc) is 2.73. The number of aliphatic hydroxyl groups excluding tert-OH is 2. The Balaban J connectivity index is 2.08. The van der Waals surface area contributed by atoms with E-state index in [-0.39, 0.29) is 24.6 Å². The van der Waals surface area contributed by atoms with Crippen molar-refractivity contribution in [1.82, 2.24) is 10.2 Å². The van der Waals surface area contributed by atoms with E-state index in [0.29, 0.717) is 19.5 Å². The van der Waals surface area contributed by atoms with Crippen molar-refractivity contribution in [3.05, 3.63) is 35.9 Å². The van der Waals surface area contributed by atoms with E-state index in [9.17, 15) is 15.0 Å². The van der Waals surface area contributed by atoms with Crippen molar-refractivity contribution < 1.29 is 15.0 Å². The third-order valence-corrected chi connectivity index (χ3v) is 3.83. The summed E-state index contributed by atoms with van der Waals surface area (Å²) in [5.74, 6) is -0.0772. The second kappa shape index (κ2) is 6.83. The number of likely N-dealkylation sites (tertiary alicyclic amines) is 1. The molecule has 1 amide bonds. The van der Waals surface area contributed by atoms with Crippen LogP contribution in [0.15, 0.2) is 30.3 Å². The third kappa shape index (κ3) is 3.56. The highest BCUT2D eigenvalue weighted by molar-refractivity contribution is 5.72. The lowest BCUT2D eigenvalue weighted by Crippen LogP contribution is -2.44. The first kappa shape index (κ1) is 15.0. The van der Waals surface area contributed by atoms with E-state index in [1.807, 2.05) is 30.3 Å². The highest BCUT2D eigenvalue weighted by Gasteiger charge is 2.39. The Labute approximate surface area is 119 Å². The van der Waals surface area contributed by atoms with Gasteiger partial charge >= 0.3 is 0 Å². The standard InChI is InChI=1S/C15H22N2O3/c1-11(19)16-8-13-7-15(20)14(10-18)17(13)9-12-5-3-2-4-6-12/h2-6,13-15,18,20H,7-10H2,1H3,(H,16,19). The fourth-order valence-electron chi connectivity index (χ4n) is 2.79. The minimum Gasteiger partial charge on any atom is -0.395 e. The summed E-state index contributed by atoms with van der Waals surface area (Å²) in [6, 6.07) is 9.72. The van der Waals surface area contributed by atoms with Crippen LogP contribution in [0.3, 0.4) is 0 Å². The first-order valence-electron chi connectivity index (χ1n) is 6.95. The lowest BCUT2D eigenvalue weighted by Gasteiger charge is -2.29. The highest BCUT2D eigenvalue weighted by Crippen LogP contribution is 2.26. The molecular weight excluding hydrogens is 256 g/mol. The van der Waals surface area contributed by atoms with E-state index in [4.69, 9.17) is 0 Å². The number of nitrogens with one attached hydrogen (secondary N) is 1. The minimum absolute atomic E-state index is 0.0475. The second-order valence-corrected chi connectivity index (χ2v) is 5.30. The van der Waals surface area contributed by atoms with E-state index in [2.05, 4.69) is 10.2 Å². The summed E-state index contributed by atoms with van der Waals surface area (Å²) in [5.41, 5.74) is 1.13. The molecule has 5 heteroatoms. The smallest absolute Gasteiger partial charge is 0.216 e. The first-order chi connectivity index (χ1) is 9.61. The van der Waals surface area contributed by atoms with Gasteiger partial charge in [-0.2, -0.15) is 0 Å². The molecule has 1 aliphatic rings. The number of carbonyl (C=O) groups excluding carboxylic acids is 1. The maximum atomic E-state index is 11.1. The molecule has 0 bridgehead atoms. The van der Waals surface area contributed by atoms with Crippen molar-refractivity contribution in [2.24, 2.45) is 0 Å². The summed E-state index contributed by atoms with van der Waals surface area (Å²) in [6.45, 7) is 2.56. The monoisotopic (exact) mass is 278 g/mol. The molecule has 1 fully saturated rings. The molecule has 110 valence electrons. The SMILES string of the molecule is CC(=O)NCC1CC(O)C(CO)N1Cc1ccccc1. The molecule has 1 aliphatic heterocycles. The molecule has 3 atom stereocenters. The summed E-state index contributed by atoms with van der Waals surface area (Å²) in [6.07, 6.45) is 0.0145. The minimum atomic E-state index is -0.553. The summed E-state index contributed by atoms with van der Waals surface area (Å²) < 4.78 is 0. The molecule has 1 aromatic rings. The Morgan fingerprint density at radius 1 is 1.40 bits per heavy atom. The normalized spacial score (nSPS) is 26.6. The zero-order valence-corrected chi connectivity index (χ0v) is 11.7. The summed E-state index contributed by atoms with van der Waals surface area (Å²) in [7, 11) is 0. The molecule has 20 heavy (non-hydrogen) atoms. The van der Waals surface area contributed by atoms with Crippen molar-refractivity contribution in [2.45, 2.75) is 38.1 Å². The van der Waals surface area contributed by atoms with E-state index in [0.717, 1.165) is 5.56 Å². The van der Waals surface area contributed by atoms with Gasteiger partial charge in [0.1, 0.15) is 0 Å². The van der Waals surface area contributed by atoms with Gasteiger partial charge in [-0.25, -0.2) is 0 Å². The van der Waals surface area contributed by atoms with Crippen molar-refractivity contribution >= 4 is 5.91 Å². The largest absolute Gasteiger partial charge is 0.395 e. The average molecular weight is 278 g/mol. The van der Waals surface area contributed by atoms with Gasteiger partial charge in [0, 0.05) is 26.1 Å². The number of amides is 1. The highest BCUT2D eigenvalue weighted by atomic mass is 16.3. The second-order valence-electron chi connectivity index (χ2n) is 5.30. The molecule has 3 N–H and O–H groups in total. The van der Waals surface area contributed by atoms with Gasteiger partial charge in [0.2, 0.25) is 5.91 Å². The molecule has 5 nitrogen and oxygen atoms in total. The van der Waals surface area contributed by atoms with Gasteiger partial charge in [0.15, 0.2) is 0 Å². The van der Waals surface area contributed by atoms with Crippen LogP contribution in [-0.2, 0) is 11.3 Å². The maximum Gasteiger partial charge on any atom is 0.216 e. The van der Waals surface area contributed by atoms with E-state index in [1.54, 1.807) is 0 Å². The van der Waals surface area contributed by atoms with Crippen molar-refractivity contribution in [3.63, 3.8) is 0 Å². The van der Waals surface area contributed by atoms with Gasteiger partial charge in [-0.05, 0) is 12.0 Å². The topological polar surface area (TPSA) is 72.8 Å². The van der Waals surface area contributed by atoms with Crippen LogP contribution in [0.5, 0.6) is 0 Å². The maximum absolute atomic E-state index is 11.1. The van der Waals surface area contributed by atoms with Crippen LogP contribution < -0.4 is 5.32 Å². The Kier molecular flexibility index (Phi) is 5.11. The van der Waals surface area contributed by atoms with Crippen LogP contribution in [0.1, 0.15) is 18.9 Å². The summed E-state index contributed by atoms with van der Waals surface area (Å²) >= 11 is 0. The van der Waals surface area contributed by atoms with E-state index < -0.39 is 6.10 Å². The molecule has 2 rings (SSSR count). The zero-order valence-electron chi connectivity index (χ0n) is 11.7. The van der Waals surface area contributed by atoms with Gasteiger partial charge in [0.05, 0.1) is 18.8 Å². The molecule has 0 saturated carbocycles. The van der Waals surface area contributed by atoms with Crippen molar-refractivity contribution in [2.75, 3.05) is 13.2 Å². The molecule has 0 aromatic heterocycles. The number of hydrogen-bond donors (Lipinski definition) is 3. The molecule has 0 aliphatic carbocycles. The van der Waals surface area contributed by atoms with Crippen molar-refractivity contribution in [3.8, 4) is 0 Å². The molecule has 1 heterocycles. The molecule has 3 unspecified atom stereocenters. The quantitative estimate of drug-likeness (QED) is 0.715. The van der Waals surface area contributed by atoms with Crippen LogP contribution in [0.25, 0.3) is 0 Å². The fourth-order valence-corrected chi connectivity index (χ4v) is 2.79. The fraction of sp³-hybridized carbons (Fsp3) is 0.533. The van der Waals surface area contributed by atoms with Crippen LogP contribution in [0.4, 0.5) is 0 Å². The first-order valence-corrected chi connectivity index (χ1v) is 6.95. The molecule has 1 aromatic carbocycles. The Morgan fingerprint density at radius 3 is 2.70 bits per heavy atom. The number of hydrogen-bond acceptors (Lipinski definition) is 4. The van der Waals surface area contributed by atoms with E-state index in [1.165, 1.54) is 6.92 Å². The summed E-state index contributed by atoms with van der Waals surface area (Å²) in [4.78, 5) is 13.1. The lowest BCUT2D eigenvalue weighted by atomic mass is 10.1. The van der Waals surface area contributed by atoms with Crippen molar-refractivity contribution in [1.29, 1.82) is 0 Å². The van der Waals surface area contributed by atoms with Crippen LogP contribution in [0.2, 0.25) is 0 Å². The van der Waals surface area contributed by atoms with Crippen LogP contribution in [0, 0.1) is 0 Å². The Morgan fingerprint density at radius 2 is 2.10 bits per heavy atom. The molecule has 1 saturated heterocycles.